The fraction of sp³-hybridized carbons (Fsp3) is 0.222. The molecule has 0 aliphatic heterocycles. The van der Waals surface area contributed by atoms with Crippen molar-refractivity contribution in [2.24, 2.45) is 0 Å². The number of pyridine rings is 1. The van der Waals surface area contributed by atoms with Gasteiger partial charge in [0.15, 0.2) is 5.69 Å². The maximum Gasteiger partial charge on any atom is 0.433 e. The van der Waals surface area contributed by atoms with Crippen LogP contribution in [0.2, 0.25) is 0 Å². The van der Waals surface area contributed by atoms with E-state index in [1.54, 1.807) is 6.92 Å². The number of carbonyl (C=O) groups is 1. The summed E-state index contributed by atoms with van der Waals surface area (Å²) in [4.78, 5) is 14.9. The highest BCUT2D eigenvalue weighted by Gasteiger charge is 2.46. The Kier molecular flexibility index (Phi) is 4.97. The van der Waals surface area contributed by atoms with E-state index in [9.17, 15) is 26.7 Å². The molecule has 0 aliphatic carbocycles. The Hall–Kier alpha value is -3.17. The average Bonchev–Trinajstić information content (AvgIpc) is 3.04. The van der Waals surface area contributed by atoms with Crippen molar-refractivity contribution in [2.45, 2.75) is 19.2 Å². The molecule has 3 aromatic rings. The van der Waals surface area contributed by atoms with Crippen LogP contribution in [-0.2, 0) is 17.0 Å². The van der Waals surface area contributed by atoms with Crippen molar-refractivity contribution in [1.82, 2.24) is 4.98 Å². The maximum atomic E-state index is 14.5. The van der Waals surface area contributed by atoms with E-state index in [1.165, 1.54) is 6.07 Å². The summed E-state index contributed by atoms with van der Waals surface area (Å²) in [7, 11) is 0. The van der Waals surface area contributed by atoms with Gasteiger partial charge >= 0.3 is 18.3 Å². The molecule has 0 spiro atoms. The highest BCUT2D eigenvalue weighted by Crippen LogP contribution is 2.40. The van der Waals surface area contributed by atoms with Gasteiger partial charge in [-0.3, -0.25) is 4.98 Å². The van der Waals surface area contributed by atoms with Crippen LogP contribution in [0.4, 0.5) is 22.0 Å². The standard InChI is InChI=1S/C18H12F5NO4/c1-2-26-16(25)12-9-27-14-6-5-10(8-11(12)14)28-18(22,23)13-4-3-7-24-15(13)17(19,20)21/h3-9H,2H2,1H3. The summed E-state index contributed by atoms with van der Waals surface area (Å²) in [5.41, 5.74) is -3.02. The zero-order chi connectivity index (χ0) is 20.5. The number of esters is 1. The third kappa shape index (κ3) is 3.75. The van der Waals surface area contributed by atoms with Gasteiger partial charge in [0.05, 0.1) is 12.2 Å². The van der Waals surface area contributed by atoms with E-state index in [1.807, 2.05) is 0 Å². The number of hydrogen-bond acceptors (Lipinski definition) is 5. The number of aromatic nitrogens is 1. The fourth-order valence-electron chi connectivity index (χ4n) is 2.51. The maximum absolute atomic E-state index is 14.5. The van der Waals surface area contributed by atoms with Gasteiger partial charge < -0.3 is 13.9 Å². The summed E-state index contributed by atoms with van der Waals surface area (Å²) >= 11 is 0. The minimum absolute atomic E-state index is 0.0250. The number of furan rings is 1. The summed E-state index contributed by atoms with van der Waals surface area (Å²) in [6.07, 6.45) is -7.57. The van der Waals surface area contributed by atoms with E-state index in [-0.39, 0.29) is 23.1 Å². The first-order valence-corrected chi connectivity index (χ1v) is 7.91. The molecule has 28 heavy (non-hydrogen) atoms. The molecule has 0 radical (unpaired) electrons. The molecule has 0 bridgehead atoms. The quantitative estimate of drug-likeness (QED) is 0.437. The number of rotatable bonds is 5. The number of halogens is 5. The molecular weight excluding hydrogens is 389 g/mol. The van der Waals surface area contributed by atoms with E-state index in [0.29, 0.717) is 6.07 Å². The number of benzene rings is 1. The molecule has 2 aromatic heterocycles. The number of nitrogens with zero attached hydrogens (tertiary/aromatic N) is 1. The Bertz CT molecular complexity index is 1010. The Balaban J connectivity index is 1.98. The van der Waals surface area contributed by atoms with Gasteiger partial charge in [0.1, 0.15) is 23.2 Å². The second-order valence-electron chi connectivity index (χ2n) is 5.54. The average molecular weight is 401 g/mol. The lowest BCUT2D eigenvalue weighted by Gasteiger charge is -2.21. The molecule has 0 N–H and O–H groups in total. The summed E-state index contributed by atoms with van der Waals surface area (Å²) < 4.78 is 82.4. The molecule has 10 heteroatoms. The summed E-state index contributed by atoms with van der Waals surface area (Å²) in [6.45, 7) is 1.67. The van der Waals surface area contributed by atoms with Gasteiger partial charge in [-0.05, 0) is 37.3 Å². The molecule has 148 valence electrons. The predicted molar refractivity (Wildman–Crippen MR) is 85.9 cm³/mol. The van der Waals surface area contributed by atoms with E-state index < -0.39 is 35.3 Å². The van der Waals surface area contributed by atoms with Crippen molar-refractivity contribution in [2.75, 3.05) is 6.61 Å². The van der Waals surface area contributed by atoms with Crippen LogP contribution < -0.4 is 4.74 Å². The topological polar surface area (TPSA) is 61.6 Å². The largest absolute Gasteiger partial charge is 0.463 e. The highest BCUT2D eigenvalue weighted by molar-refractivity contribution is 6.03. The number of alkyl halides is 5. The zero-order valence-corrected chi connectivity index (χ0v) is 14.2. The molecule has 5 nitrogen and oxygen atoms in total. The van der Waals surface area contributed by atoms with Crippen LogP contribution >= 0.6 is 0 Å². The van der Waals surface area contributed by atoms with Gasteiger partial charge in [0.25, 0.3) is 0 Å². The number of fused-ring (bicyclic) bond motifs is 1. The Labute approximate surface area is 154 Å². The molecule has 1 aromatic carbocycles. The Morgan fingerprint density at radius 3 is 2.61 bits per heavy atom. The van der Waals surface area contributed by atoms with Gasteiger partial charge in [0.2, 0.25) is 0 Å². The smallest absolute Gasteiger partial charge is 0.433 e. The van der Waals surface area contributed by atoms with Crippen LogP contribution in [0.3, 0.4) is 0 Å². The molecule has 0 saturated carbocycles. The normalized spacial score (nSPS) is 12.2. The molecule has 0 saturated heterocycles. The predicted octanol–water partition coefficient (Wildman–Crippen LogP) is 5.15. The van der Waals surface area contributed by atoms with E-state index >= 15 is 0 Å². The SMILES string of the molecule is CCOC(=O)c1coc2ccc(OC(F)(F)c3cccnc3C(F)(F)F)cc12. The van der Waals surface area contributed by atoms with Crippen molar-refractivity contribution >= 4 is 16.9 Å². The van der Waals surface area contributed by atoms with Crippen LogP contribution in [0.5, 0.6) is 5.75 Å². The Morgan fingerprint density at radius 2 is 1.93 bits per heavy atom. The van der Waals surface area contributed by atoms with Gasteiger partial charge in [-0.1, -0.05) is 0 Å². The van der Waals surface area contributed by atoms with E-state index in [2.05, 4.69) is 9.72 Å². The van der Waals surface area contributed by atoms with Gasteiger partial charge in [-0.2, -0.15) is 22.0 Å². The summed E-state index contributed by atoms with van der Waals surface area (Å²) in [6, 6.07) is 4.91. The molecule has 3 rings (SSSR count). The Morgan fingerprint density at radius 1 is 1.18 bits per heavy atom. The number of ether oxygens (including phenoxy) is 2. The van der Waals surface area contributed by atoms with Crippen molar-refractivity contribution in [3.05, 3.63) is 59.6 Å². The van der Waals surface area contributed by atoms with E-state index in [0.717, 1.165) is 30.7 Å². The van der Waals surface area contributed by atoms with Crippen molar-refractivity contribution < 1.29 is 40.6 Å². The van der Waals surface area contributed by atoms with Crippen LogP contribution in [0, 0.1) is 0 Å². The van der Waals surface area contributed by atoms with Gasteiger partial charge in [0, 0.05) is 11.6 Å². The second-order valence-corrected chi connectivity index (χ2v) is 5.54. The van der Waals surface area contributed by atoms with Crippen molar-refractivity contribution in [3.8, 4) is 5.75 Å². The van der Waals surface area contributed by atoms with Crippen LogP contribution in [0.25, 0.3) is 11.0 Å². The molecule has 2 heterocycles. The van der Waals surface area contributed by atoms with Crippen molar-refractivity contribution in [1.29, 1.82) is 0 Å². The van der Waals surface area contributed by atoms with Gasteiger partial charge in [-0.15, -0.1) is 0 Å². The molecule has 0 aliphatic rings. The lowest BCUT2D eigenvalue weighted by molar-refractivity contribution is -0.196. The minimum atomic E-state index is -5.09. The number of carbonyl (C=O) groups excluding carboxylic acids is 1. The summed E-state index contributed by atoms with van der Waals surface area (Å²) in [5.74, 6) is -1.21. The molecule has 0 fully saturated rings. The fourth-order valence-corrected chi connectivity index (χ4v) is 2.51. The van der Waals surface area contributed by atoms with Crippen LogP contribution in [0.15, 0.2) is 47.2 Å². The lowest BCUT2D eigenvalue weighted by Crippen LogP contribution is -2.27. The first kappa shape index (κ1) is 19.6. The monoisotopic (exact) mass is 401 g/mol. The zero-order valence-electron chi connectivity index (χ0n) is 14.2. The summed E-state index contributed by atoms with van der Waals surface area (Å²) in [5, 5.41) is 0.119. The van der Waals surface area contributed by atoms with Crippen LogP contribution in [-0.4, -0.2) is 17.6 Å². The molecule has 0 unspecified atom stereocenters. The first-order chi connectivity index (χ1) is 13.1. The first-order valence-electron chi connectivity index (χ1n) is 7.91. The van der Waals surface area contributed by atoms with E-state index in [4.69, 9.17) is 9.15 Å². The minimum Gasteiger partial charge on any atom is -0.463 e. The molecular formula is C18H12F5NO4. The third-order valence-corrected chi connectivity index (χ3v) is 3.68. The number of hydrogen-bond donors (Lipinski definition) is 0. The van der Waals surface area contributed by atoms with Gasteiger partial charge in [-0.25, -0.2) is 4.79 Å². The van der Waals surface area contributed by atoms with Crippen molar-refractivity contribution in [3.63, 3.8) is 0 Å². The second kappa shape index (κ2) is 7.10. The third-order valence-electron chi connectivity index (χ3n) is 3.68. The highest BCUT2D eigenvalue weighted by atomic mass is 19.4. The molecule has 0 atom stereocenters. The lowest BCUT2D eigenvalue weighted by atomic mass is 10.1. The molecule has 0 amide bonds. The van der Waals surface area contributed by atoms with Crippen LogP contribution in [0.1, 0.15) is 28.5 Å².